The van der Waals surface area contributed by atoms with Crippen molar-refractivity contribution in [1.29, 1.82) is 0 Å². The van der Waals surface area contributed by atoms with E-state index >= 15 is 0 Å². The van der Waals surface area contributed by atoms with E-state index in [1.54, 1.807) is 25.1 Å². The van der Waals surface area contributed by atoms with Crippen LogP contribution in [0.2, 0.25) is 0 Å². The number of aromatic nitrogens is 2. The second kappa shape index (κ2) is 5.80. The fourth-order valence-electron chi connectivity index (χ4n) is 1.69. The molecule has 0 bridgehead atoms. The van der Waals surface area contributed by atoms with Crippen LogP contribution in [0.25, 0.3) is 6.08 Å². The van der Waals surface area contributed by atoms with Gasteiger partial charge in [0.25, 0.3) is 10.0 Å². The molecular weight excluding hydrogens is 294 g/mol. The van der Waals surface area contributed by atoms with Gasteiger partial charge in [0, 0.05) is 11.8 Å². The highest BCUT2D eigenvalue weighted by Crippen LogP contribution is 2.19. The molecule has 0 aliphatic heterocycles. The van der Waals surface area contributed by atoms with Crippen LogP contribution in [-0.4, -0.2) is 29.7 Å². The summed E-state index contributed by atoms with van der Waals surface area (Å²) in [7, 11) is -3.71. The summed E-state index contributed by atoms with van der Waals surface area (Å²) in [5.41, 5.74) is 1.83. The highest BCUT2D eigenvalue weighted by Gasteiger charge is 2.15. The number of carboxylic acids is 1. The number of sulfonamides is 1. The van der Waals surface area contributed by atoms with E-state index in [-0.39, 0.29) is 5.03 Å². The number of anilines is 1. The molecular formula is C13H13N3O4S. The van der Waals surface area contributed by atoms with E-state index in [2.05, 4.69) is 14.9 Å². The van der Waals surface area contributed by atoms with Crippen LogP contribution in [0.15, 0.2) is 41.6 Å². The third-order valence-corrected chi connectivity index (χ3v) is 4.00. The van der Waals surface area contributed by atoms with Crippen LogP contribution in [0, 0.1) is 6.92 Å². The molecule has 21 heavy (non-hydrogen) atoms. The molecule has 2 aromatic rings. The zero-order valence-corrected chi connectivity index (χ0v) is 11.9. The summed E-state index contributed by atoms with van der Waals surface area (Å²) in [5, 5.41) is 14.5. The average Bonchev–Trinajstić information content (AvgIpc) is 2.91. The Morgan fingerprint density at radius 1 is 1.38 bits per heavy atom. The van der Waals surface area contributed by atoms with Crippen LogP contribution < -0.4 is 4.72 Å². The Labute approximate surface area is 121 Å². The lowest BCUT2D eigenvalue weighted by molar-refractivity contribution is -0.131. The van der Waals surface area contributed by atoms with Crippen molar-refractivity contribution in [3.63, 3.8) is 0 Å². The van der Waals surface area contributed by atoms with Gasteiger partial charge in [-0.3, -0.25) is 9.82 Å². The molecule has 0 fully saturated rings. The molecule has 0 aliphatic rings. The number of aliphatic carboxylic acids is 1. The molecule has 1 heterocycles. The minimum Gasteiger partial charge on any atom is -0.478 e. The number of rotatable bonds is 5. The molecule has 0 unspecified atom stereocenters. The minimum absolute atomic E-state index is 0.0324. The SMILES string of the molecule is Cc1cc(NS(=O)(=O)c2ccn[nH]2)ccc1/C=C/C(=O)O. The van der Waals surface area contributed by atoms with Gasteiger partial charge < -0.3 is 5.11 Å². The Hall–Kier alpha value is -2.61. The van der Waals surface area contributed by atoms with Gasteiger partial charge >= 0.3 is 5.97 Å². The lowest BCUT2D eigenvalue weighted by Gasteiger charge is -2.08. The number of carbonyl (C=O) groups is 1. The summed E-state index contributed by atoms with van der Waals surface area (Å²) in [6.07, 6.45) is 3.82. The van der Waals surface area contributed by atoms with Gasteiger partial charge in [0.15, 0.2) is 5.03 Å². The number of aromatic amines is 1. The fraction of sp³-hybridized carbons (Fsp3) is 0.0769. The second-order valence-electron chi connectivity index (χ2n) is 4.27. The van der Waals surface area contributed by atoms with E-state index < -0.39 is 16.0 Å². The van der Waals surface area contributed by atoms with Crippen LogP contribution in [-0.2, 0) is 14.8 Å². The van der Waals surface area contributed by atoms with Crippen molar-refractivity contribution in [3.8, 4) is 0 Å². The second-order valence-corrected chi connectivity index (χ2v) is 5.92. The van der Waals surface area contributed by atoms with Crippen LogP contribution in [0.4, 0.5) is 5.69 Å². The van der Waals surface area contributed by atoms with Crippen molar-refractivity contribution in [2.45, 2.75) is 11.9 Å². The minimum atomic E-state index is -3.71. The Bertz CT molecular complexity index is 780. The van der Waals surface area contributed by atoms with Gasteiger partial charge in [0.2, 0.25) is 0 Å². The van der Waals surface area contributed by atoms with Gasteiger partial charge in [-0.2, -0.15) is 13.5 Å². The molecule has 8 heteroatoms. The predicted molar refractivity (Wildman–Crippen MR) is 77.2 cm³/mol. The molecule has 0 spiro atoms. The molecule has 110 valence electrons. The van der Waals surface area contributed by atoms with Crippen molar-refractivity contribution in [3.05, 3.63) is 47.7 Å². The largest absolute Gasteiger partial charge is 0.478 e. The fourth-order valence-corrected chi connectivity index (χ4v) is 2.65. The maximum absolute atomic E-state index is 12.0. The number of nitrogens with zero attached hydrogens (tertiary/aromatic N) is 1. The molecule has 0 saturated heterocycles. The van der Waals surface area contributed by atoms with Crippen LogP contribution >= 0.6 is 0 Å². The van der Waals surface area contributed by atoms with E-state index in [0.717, 1.165) is 11.6 Å². The third-order valence-electron chi connectivity index (χ3n) is 2.69. The number of carboxylic acid groups (broad SMARTS) is 1. The van der Waals surface area contributed by atoms with Gasteiger partial charge in [-0.05, 0) is 42.3 Å². The lowest BCUT2D eigenvalue weighted by atomic mass is 10.1. The standard InChI is InChI=1S/C13H13N3O4S/c1-9-8-11(4-2-10(9)3-5-13(17)18)16-21(19,20)12-6-7-14-15-12/h2-8,16H,1H3,(H,14,15)(H,17,18)/b5-3+. The Kier molecular flexibility index (Phi) is 4.08. The number of aryl methyl sites for hydroxylation is 1. The van der Waals surface area contributed by atoms with Gasteiger partial charge in [-0.15, -0.1) is 0 Å². The van der Waals surface area contributed by atoms with Crippen molar-refractivity contribution in [2.24, 2.45) is 0 Å². The molecule has 1 aromatic heterocycles. The Morgan fingerprint density at radius 2 is 2.14 bits per heavy atom. The summed E-state index contributed by atoms with van der Waals surface area (Å²) in [6.45, 7) is 1.76. The molecule has 3 N–H and O–H groups in total. The summed E-state index contributed by atoms with van der Waals surface area (Å²) in [5.74, 6) is -1.04. The van der Waals surface area contributed by atoms with E-state index in [1.165, 1.54) is 18.3 Å². The lowest BCUT2D eigenvalue weighted by Crippen LogP contribution is -2.13. The molecule has 0 atom stereocenters. The van der Waals surface area contributed by atoms with E-state index in [4.69, 9.17) is 5.11 Å². The summed E-state index contributed by atoms with van der Waals surface area (Å²) in [6, 6.07) is 6.16. The first-order chi connectivity index (χ1) is 9.88. The average molecular weight is 307 g/mol. The zero-order chi connectivity index (χ0) is 15.5. The monoisotopic (exact) mass is 307 g/mol. The molecule has 0 radical (unpaired) electrons. The maximum atomic E-state index is 12.0. The normalized spacial score (nSPS) is 11.7. The maximum Gasteiger partial charge on any atom is 0.328 e. The summed E-state index contributed by atoms with van der Waals surface area (Å²) < 4.78 is 26.4. The zero-order valence-electron chi connectivity index (χ0n) is 11.1. The van der Waals surface area contributed by atoms with Gasteiger partial charge in [-0.25, -0.2) is 4.79 Å². The molecule has 2 rings (SSSR count). The van der Waals surface area contributed by atoms with Crippen molar-refractivity contribution in [1.82, 2.24) is 10.2 Å². The Morgan fingerprint density at radius 3 is 2.71 bits per heavy atom. The number of benzene rings is 1. The third kappa shape index (κ3) is 3.69. The van der Waals surface area contributed by atoms with Crippen LogP contribution in [0.3, 0.4) is 0 Å². The van der Waals surface area contributed by atoms with E-state index in [0.29, 0.717) is 11.3 Å². The van der Waals surface area contributed by atoms with Crippen molar-refractivity contribution >= 4 is 27.8 Å². The molecule has 0 aliphatic carbocycles. The number of hydrogen-bond donors (Lipinski definition) is 3. The molecule has 7 nitrogen and oxygen atoms in total. The van der Waals surface area contributed by atoms with Gasteiger partial charge in [0.05, 0.1) is 6.20 Å². The number of nitrogens with one attached hydrogen (secondary N) is 2. The van der Waals surface area contributed by atoms with Crippen molar-refractivity contribution < 1.29 is 18.3 Å². The van der Waals surface area contributed by atoms with Crippen LogP contribution in [0.1, 0.15) is 11.1 Å². The molecule has 1 aromatic carbocycles. The molecule has 0 amide bonds. The van der Waals surface area contributed by atoms with Gasteiger partial charge in [-0.1, -0.05) is 6.07 Å². The van der Waals surface area contributed by atoms with E-state index in [9.17, 15) is 13.2 Å². The summed E-state index contributed by atoms with van der Waals surface area (Å²) >= 11 is 0. The first-order valence-electron chi connectivity index (χ1n) is 5.92. The van der Waals surface area contributed by atoms with Gasteiger partial charge in [0.1, 0.15) is 0 Å². The highest BCUT2D eigenvalue weighted by molar-refractivity contribution is 7.92. The first kappa shape index (κ1) is 14.8. The quantitative estimate of drug-likeness (QED) is 0.727. The number of hydrogen-bond acceptors (Lipinski definition) is 4. The molecule has 0 saturated carbocycles. The van der Waals surface area contributed by atoms with E-state index in [1.807, 2.05) is 0 Å². The van der Waals surface area contributed by atoms with Crippen LogP contribution in [0.5, 0.6) is 0 Å². The number of H-pyrrole nitrogens is 1. The summed E-state index contributed by atoms with van der Waals surface area (Å²) in [4.78, 5) is 10.5. The van der Waals surface area contributed by atoms with Crippen molar-refractivity contribution in [2.75, 3.05) is 4.72 Å². The first-order valence-corrected chi connectivity index (χ1v) is 7.41. The topological polar surface area (TPSA) is 112 Å². The predicted octanol–water partition coefficient (Wildman–Crippen LogP) is 1.62. The Balaban J connectivity index is 2.23. The smallest absolute Gasteiger partial charge is 0.328 e. The highest BCUT2D eigenvalue weighted by atomic mass is 32.2.